The third kappa shape index (κ3) is 4.19. The zero-order valence-corrected chi connectivity index (χ0v) is 13.9. The molecule has 0 aliphatic carbocycles. The molecule has 0 aromatic heterocycles. The summed E-state index contributed by atoms with van der Waals surface area (Å²) >= 11 is 0. The molecule has 3 N–H and O–H groups in total. The third-order valence-corrected chi connectivity index (χ3v) is 3.54. The molecule has 124 valence electrons. The van der Waals surface area contributed by atoms with Crippen LogP contribution in [0.4, 0.5) is 11.4 Å². The fourth-order valence-electron chi connectivity index (χ4n) is 2.07. The van der Waals surface area contributed by atoms with Crippen LogP contribution in [-0.4, -0.2) is 22.5 Å². The van der Waals surface area contributed by atoms with Gasteiger partial charge in [0, 0.05) is 5.69 Å². The predicted molar refractivity (Wildman–Crippen MR) is 96.9 cm³/mol. The first-order chi connectivity index (χ1) is 11.5. The van der Waals surface area contributed by atoms with Gasteiger partial charge >= 0.3 is 0 Å². The van der Waals surface area contributed by atoms with Gasteiger partial charge in [-0.1, -0.05) is 41.6 Å². The highest BCUT2D eigenvalue weighted by atomic mass is 16.4. The number of anilines is 2. The lowest BCUT2D eigenvalue weighted by Gasteiger charge is -2.09. The molecule has 2 rings (SSSR count). The molecule has 0 atom stereocenters. The maximum absolute atomic E-state index is 12.3. The van der Waals surface area contributed by atoms with Crippen molar-refractivity contribution < 1.29 is 10.0 Å². The summed E-state index contributed by atoms with van der Waals surface area (Å²) in [7, 11) is 0. The molecule has 24 heavy (non-hydrogen) atoms. The Hall–Kier alpha value is -3.15. The Bertz CT molecular complexity index is 797. The zero-order chi connectivity index (χ0) is 17.5. The maximum Gasteiger partial charge on any atom is 0.279 e. The second kappa shape index (κ2) is 7.92. The van der Waals surface area contributed by atoms with Crippen LogP contribution >= 0.6 is 0 Å². The van der Waals surface area contributed by atoms with Crippen LogP contribution in [-0.2, 0) is 4.79 Å². The zero-order valence-electron chi connectivity index (χ0n) is 13.9. The lowest BCUT2D eigenvalue weighted by molar-refractivity contribution is -0.110. The van der Waals surface area contributed by atoms with Gasteiger partial charge in [-0.05, 0) is 44.0 Å². The van der Waals surface area contributed by atoms with E-state index in [1.54, 1.807) is 13.0 Å². The molecule has 0 aliphatic rings. The summed E-state index contributed by atoms with van der Waals surface area (Å²) < 4.78 is 0. The summed E-state index contributed by atoms with van der Waals surface area (Å²) in [5.74, 6) is -0.528. The quantitative estimate of drug-likeness (QED) is 0.446. The summed E-state index contributed by atoms with van der Waals surface area (Å²) in [5.41, 5.74) is 6.39. The number of nitrogens with zero attached hydrogens (tertiary/aromatic N) is 2. The van der Waals surface area contributed by atoms with Gasteiger partial charge in [-0.25, -0.2) is 0 Å². The van der Waals surface area contributed by atoms with E-state index in [0.717, 1.165) is 16.8 Å². The average Bonchev–Trinajstić information content (AvgIpc) is 2.57. The van der Waals surface area contributed by atoms with E-state index < -0.39 is 5.91 Å². The highest BCUT2D eigenvalue weighted by molar-refractivity contribution is 6.68. The van der Waals surface area contributed by atoms with Gasteiger partial charge in [-0.2, -0.15) is 5.10 Å². The van der Waals surface area contributed by atoms with Crippen LogP contribution in [0.5, 0.6) is 0 Å². The van der Waals surface area contributed by atoms with Crippen LogP contribution in [0.25, 0.3) is 0 Å². The average molecular weight is 324 g/mol. The van der Waals surface area contributed by atoms with Crippen molar-refractivity contribution in [3.8, 4) is 0 Å². The molecule has 0 saturated carbocycles. The van der Waals surface area contributed by atoms with Crippen LogP contribution in [0.15, 0.2) is 58.8 Å². The largest absolute Gasteiger partial charge is 0.410 e. The molecule has 0 radical (unpaired) electrons. The number of aryl methyl sites for hydroxylation is 2. The fourth-order valence-corrected chi connectivity index (χ4v) is 2.07. The van der Waals surface area contributed by atoms with Gasteiger partial charge in [-0.15, -0.1) is 0 Å². The number of rotatable bonds is 5. The molecule has 0 bridgehead atoms. The van der Waals surface area contributed by atoms with Crippen LogP contribution in [0.3, 0.4) is 0 Å². The van der Waals surface area contributed by atoms with Gasteiger partial charge in [0.25, 0.3) is 5.91 Å². The van der Waals surface area contributed by atoms with Gasteiger partial charge in [0.1, 0.15) is 0 Å². The minimum atomic E-state index is -0.528. The maximum atomic E-state index is 12.3. The minimum absolute atomic E-state index is 0.153. The molecule has 0 spiro atoms. The van der Waals surface area contributed by atoms with Crippen molar-refractivity contribution in [2.75, 3.05) is 10.7 Å². The van der Waals surface area contributed by atoms with Crippen molar-refractivity contribution in [1.29, 1.82) is 0 Å². The number of oxime groups is 1. The Kier molecular flexibility index (Phi) is 5.68. The number of hydrazone groups is 1. The number of benzene rings is 2. The summed E-state index contributed by atoms with van der Waals surface area (Å²) in [6.45, 7) is 5.42. The van der Waals surface area contributed by atoms with Crippen LogP contribution < -0.4 is 10.7 Å². The second-order valence-corrected chi connectivity index (χ2v) is 5.34. The van der Waals surface area contributed by atoms with Crippen molar-refractivity contribution in [2.45, 2.75) is 20.8 Å². The number of carbonyl (C=O) groups is 1. The highest BCUT2D eigenvalue weighted by Crippen LogP contribution is 2.14. The number of hydrogen-bond acceptors (Lipinski definition) is 5. The van der Waals surface area contributed by atoms with E-state index in [4.69, 9.17) is 0 Å². The predicted octanol–water partition coefficient (Wildman–Crippen LogP) is 3.56. The van der Waals surface area contributed by atoms with Crippen LogP contribution in [0.1, 0.15) is 18.1 Å². The molecule has 0 saturated heterocycles. The van der Waals surface area contributed by atoms with Crippen molar-refractivity contribution in [2.24, 2.45) is 10.3 Å². The van der Waals surface area contributed by atoms with E-state index in [1.165, 1.54) is 0 Å². The van der Waals surface area contributed by atoms with Crippen molar-refractivity contribution in [1.82, 2.24) is 0 Å². The Morgan fingerprint density at radius 1 is 0.958 bits per heavy atom. The standard InChI is InChI=1S/C18H20N4O2/c1-12-8-4-6-10-15(12)19-18(23)17(22-24)14(3)20-21-16-11-7-5-9-13(16)2/h4-11,21,24H,1-3H3,(H,19,23)/b20-14+,22-17-. The molecule has 0 aliphatic heterocycles. The lowest BCUT2D eigenvalue weighted by atomic mass is 10.2. The molecular formula is C18H20N4O2. The Labute approximate surface area is 140 Å². The first kappa shape index (κ1) is 17.2. The van der Waals surface area contributed by atoms with E-state index in [0.29, 0.717) is 5.69 Å². The molecular weight excluding hydrogens is 304 g/mol. The van der Waals surface area contributed by atoms with E-state index >= 15 is 0 Å². The molecule has 2 aromatic carbocycles. The molecule has 0 unspecified atom stereocenters. The van der Waals surface area contributed by atoms with Crippen LogP contribution in [0, 0.1) is 13.8 Å². The Morgan fingerprint density at radius 2 is 1.50 bits per heavy atom. The fraction of sp³-hybridized carbons (Fsp3) is 0.167. The summed E-state index contributed by atoms with van der Waals surface area (Å²) in [6.07, 6.45) is 0. The molecule has 0 heterocycles. The third-order valence-electron chi connectivity index (χ3n) is 3.54. The SMILES string of the molecule is CC(=N\Nc1ccccc1C)/C(=N/O)C(=O)Nc1ccccc1C. The van der Waals surface area contributed by atoms with Gasteiger partial charge in [-0.3, -0.25) is 10.2 Å². The molecule has 2 aromatic rings. The van der Waals surface area contributed by atoms with Crippen molar-refractivity contribution in [3.05, 3.63) is 59.7 Å². The van der Waals surface area contributed by atoms with E-state index in [2.05, 4.69) is 21.0 Å². The van der Waals surface area contributed by atoms with Gasteiger partial charge < -0.3 is 10.5 Å². The molecule has 0 fully saturated rings. The second-order valence-electron chi connectivity index (χ2n) is 5.34. The van der Waals surface area contributed by atoms with E-state index in [1.807, 2.05) is 56.3 Å². The number of nitrogens with one attached hydrogen (secondary N) is 2. The smallest absolute Gasteiger partial charge is 0.279 e. The molecule has 6 heteroatoms. The van der Waals surface area contributed by atoms with E-state index in [9.17, 15) is 10.0 Å². The van der Waals surface area contributed by atoms with Gasteiger partial charge in [0.05, 0.1) is 11.4 Å². The van der Waals surface area contributed by atoms with E-state index in [-0.39, 0.29) is 11.4 Å². The first-order valence-electron chi connectivity index (χ1n) is 7.48. The normalized spacial score (nSPS) is 12.0. The summed E-state index contributed by atoms with van der Waals surface area (Å²) in [6, 6.07) is 15.0. The summed E-state index contributed by atoms with van der Waals surface area (Å²) in [4.78, 5) is 12.3. The van der Waals surface area contributed by atoms with Gasteiger partial charge in [0.15, 0.2) is 5.71 Å². The summed E-state index contributed by atoms with van der Waals surface area (Å²) in [5, 5.41) is 19.1. The highest BCUT2D eigenvalue weighted by Gasteiger charge is 2.17. The van der Waals surface area contributed by atoms with Crippen molar-refractivity contribution in [3.63, 3.8) is 0 Å². The number of para-hydroxylation sites is 2. The van der Waals surface area contributed by atoms with Crippen LogP contribution in [0.2, 0.25) is 0 Å². The minimum Gasteiger partial charge on any atom is -0.410 e. The molecule has 1 amide bonds. The topological polar surface area (TPSA) is 86.1 Å². The Morgan fingerprint density at radius 3 is 2.04 bits per heavy atom. The Balaban J connectivity index is 2.12. The number of amides is 1. The van der Waals surface area contributed by atoms with Crippen molar-refractivity contribution >= 4 is 28.7 Å². The number of carbonyl (C=O) groups excluding carboxylic acids is 1. The lowest BCUT2D eigenvalue weighted by Crippen LogP contribution is -2.29. The van der Waals surface area contributed by atoms with Gasteiger partial charge in [0.2, 0.25) is 0 Å². The monoisotopic (exact) mass is 324 g/mol. The number of hydrogen-bond donors (Lipinski definition) is 3. The molecule has 6 nitrogen and oxygen atoms in total. The first-order valence-corrected chi connectivity index (χ1v) is 7.48.